The summed E-state index contributed by atoms with van der Waals surface area (Å²) in [5, 5.41) is 9.43. The van der Waals surface area contributed by atoms with Crippen molar-refractivity contribution in [3.8, 4) is 5.75 Å². The Labute approximate surface area is 116 Å². The van der Waals surface area contributed by atoms with Crippen molar-refractivity contribution in [2.75, 3.05) is 6.61 Å². The summed E-state index contributed by atoms with van der Waals surface area (Å²) < 4.78 is 5.58. The van der Waals surface area contributed by atoms with Gasteiger partial charge in [0.1, 0.15) is 19.0 Å². The Bertz CT molecular complexity index is 547. The van der Waals surface area contributed by atoms with E-state index in [1.807, 2.05) is 24.3 Å². The van der Waals surface area contributed by atoms with E-state index in [0.29, 0.717) is 22.9 Å². The summed E-state index contributed by atoms with van der Waals surface area (Å²) in [6, 6.07) is 14.1. The Morgan fingerprint density at radius 2 is 1.68 bits per heavy atom. The number of rotatable bonds is 5. The van der Waals surface area contributed by atoms with Gasteiger partial charge in [-0.2, -0.15) is 0 Å². The van der Waals surface area contributed by atoms with Crippen LogP contribution in [0.1, 0.15) is 15.9 Å². The fourth-order valence-corrected chi connectivity index (χ4v) is 1.70. The third-order valence-electron chi connectivity index (χ3n) is 2.64. The van der Waals surface area contributed by atoms with Gasteiger partial charge in [-0.05, 0) is 42.0 Å². The number of ketones is 1. The Hall–Kier alpha value is -1.84. The van der Waals surface area contributed by atoms with E-state index < -0.39 is 6.61 Å². The van der Waals surface area contributed by atoms with Crippen molar-refractivity contribution in [2.24, 2.45) is 0 Å². The predicted molar refractivity (Wildman–Crippen MR) is 73.6 cm³/mol. The van der Waals surface area contributed by atoms with Crippen LogP contribution in [-0.4, -0.2) is 17.5 Å². The Balaban J connectivity index is 1.96. The molecule has 0 unspecified atom stereocenters. The first-order chi connectivity index (χ1) is 9.19. The molecule has 0 amide bonds. The van der Waals surface area contributed by atoms with Gasteiger partial charge in [-0.25, -0.2) is 0 Å². The topological polar surface area (TPSA) is 46.5 Å². The highest BCUT2D eigenvalue weighted by Crippen LogP contribution is 2.15. The highest BCUT2D eigenvalue weighted by Gasteiger charge is 2.03. The lowest BCUT2D eigenvalue weighted by molar-refractivity contribution is 0.0903. The average Bonchev–Trinajstić information content (AvgIpc) is 2.46. The zero-order valence-electron chi connectivity index (χ0n) is 10.2. The van der Waals surface area contributed by atoms with E-state index in [1.54, 1.807) is 24.3 Å². The second kappa shape index (κ2) is 6.36. The number of halogens is 1. The van der Waals surface area contributed by atoms with Gasteiger partial charge in [-0.1, -0.05) is 23.7 Å². The molecule has 0 saturated carbocycles. The molecule has 0 spiro atoms. The van der Waals surface area contributed by atoms with Gasteiger partial charge in [0.05, 0.1) is 0 Å². The summed E-state index contributed by atoms with van der Waals surface area (Å²) in [6.45, 7) is -0.0462. The van der Waals surface area contributed by atoms with Crippen molar-refractivity contribution >= 4 is 17.4 Å². The molecular formula is C15H13ClO3. The summed E-state index contributed by atoms with van der Waals surface area (Å²) in [6.07, 6.45) is 0. The van der Waals surface area contributed by atoms with Crippen molar-refractivity contribution in [1.29, 1.82) is 0 Å². The molecule has 0 aliphatic heterocycles. The van der Waals surface area contributed by atoms with Gasteiger partial charge >= 0.3 is 0 Å². The zero-order chi connectivity index (χ0) is 13.7. The zero-order valence-corrected chi connectivity index (χ0v) is 10.9. The number of hydrogen-bond acceptors (Lipinski definition) is 3. The quantitative estimate of drug-likeness (QED) is 0.854. The number of Topliss-reactive ketones (excluding diaryl/α,β-unsaturated/α-hetero) is 1. The highest BCUT2D eigenvalue weighted by atomic mass is 35.5. The van der Waals surface area contributed by atoms with Gasteiger partial charge in [0.25, 0.3) is 0 Å². The summed E-state index contributed by atoms with van der Waals surface area (Å²) in [4.78, 5) is 11.2. The molecular weight excluding hydrogens is 264 g/mol. The molecule has 0 heterocycles. The lowest BCUT2D eigenvalue weighted by Gasteiger charge is -2.07. The molecule has 2 rings (SSSR count). The van der Waals surface area contributed by atoms with E-state index >= 15 is 0 Å². The molecule has 0 aliphatic rings. The van der Waals surface area contributed by atoms with E-state index in [9.17, 15) is 4.79 Å². The minimum absolute atomic E-state index is 0.302. The maximum atomic E-state index is 11.2. The van der Waals surface area contributed by atoms with Crippen LogP contribution in [-0.2, 0) is 6.61 Å². The van der Waals surface area contributed by atoms with Gasteiger partial charge < -0.3 is 9.84 Å². The lowest BCUT2D eigenvalue weighted by atomic mass is 10.1. The minimum Gasteiger partial charge on any atom is -0.489 e. The van der Waals surface area contributed by atoms with Gasteiger partial charge in [-0.15, -0.1) is 0 Å². The SMILES string of the molecule is O=C(CO)c1ccc(OCc2ccc(Cl)cc2)cc1. The van der Waals surface area contributed by atoms with Crippen molar-refractivity contribution in [1.82, 2.24) is 0 Å². The second-order valence-corrected chi connectivity index (χ2v) is 4.46. The number of aliphatic hydroxyl groups is 1. The van der Waals surface area contributed by atoms with Crippen molar-refractivity contribution in [3.63, 3.8) is 0 Å². The molecule has 4 heteroatoms. The van der Waals surface area contributed by atoms with E-state index in [2.05, 4.69) is 0 Å². The fourth-order valence-electron chi connectivity index (χ4n) is 1.58. The van der Waals surface area contributed by atoms with Crippen molar-refractivity contribution in [3.05, 3.63) is 64.7 Å². The van der Waals surface area contributed by atoms with Crippen LogP contribution < -0.4 is 4.74 Å². The second-order valence-electron chi connectivity index (χ2n) is 4.02. The average molecular weight is 277 g/mol. The van der Waals surface area contributed by atoms with Crippen LogP contribution in [0.15, 0.2) is 48.5 Å². The molecule has 19 heavy (non-hydrogen) atoms. The number of ether oxygens (including phenoxy) is 1. The molecule has 0 atom stereocenters. The third kappa shape index (κ3) is 3.81. The number of carbonyl (C=O) groups is 1. The Morgan fingerprint density at radius 3 is 2.26 bits per heavy atom. The van der Waals surface area contributed by atoms with Gasteiger partial charge in [0.15, 0.2) is 5.78 Å². The molecule has 2 aromatic rings. The summed E-state index contributed by atoms with van der Waals surface area (Å²) in [5.41, 5.74) is 1.49. The number of benzene rings is 2. The number of carbonyl (C=O) groups excluding carboxylic acids is 1. The van der Waals surface area contributed by atoms with Crippen LogP contribution in [0, 0.1) is 0 Å². The third-order valence-corrected chi connectivity index (χ3v) is 2.89. The molecule has 0 aromatic heterocycles. The number of hydrogen-bond donors (Lipinski definition) is 1. The predicted octanol–water partition coefficient (Wildman–Crippen LogP) is 3.09. The van der Waals surface area contributed by atoms with E-state index in [1.165, 1.54) is 0 Å². The van der Waals surface area contributed by atoms with Crippen LogP contribution in [0.25, 0.3) is 0 Å². The maximum absolute atomic E-state index is 11.2. The summed E-state index contributed by atoms with van der Waals surface area (Å²) >= 11 is 5.80. The molecule has 3 nitrogen and oxygen atoms in total. The molecule has 0 fully saturated rings. The fraction of sp³-hybridized carbons (Fsp3) is 0.133. The first kappa shape index (κ1) is 13.6. The lowest BCUT2D eigenvalue weighted by Crippen LogP contribution is -2.04. The first-order valence-electron chi connectivity index (χ1n) is 5.80. The standard InChI is InChI=1S/C15H13ClO3/c16-13-5-1-11(2-6-13)10-19-14-7-3-12(4-8-14)15(18)9-17/h1-8,17H,9-10H2. The Kier molecular flexibility index (Phi) is 4.55. The van der Waals surface area contributed by atoms with E-state index in [4.69, 9.17) is 21.4 Å². The highest BCUT2D eigenvalue weighted by molar-refractivity contribution is 6.30. The number of aliphatic hydroxyl groups excluding tert-OH is 1. The summed E-state index contributed by atoms with van der Waals surface area (Å²) in [5.74, 6) is 0.369. The smallest absolute Gasteiger partial charge is 0.188 e. The van der Waals surface area contributed by atoms with E-state index in [0.717, 1.165) is 5.56 Å². The van der Waals surface area contributed by atoms with Gasteiger partial charge in [0.2, 0.25) is 0 Å². The van der Waals surface area contributed by atoms with Crippen molar-refractivity contribution in [2.45, 2.75) is 6.61 Å². The molecule has 0 bridgehead atoms. The van der Waals surface area contributed by atoms with Gasteiger partial charge in [-0.3, -0.25) is 4.79 Å². The monoisotopic (exact) mass is 276 g/mol. The molecule has 98 valence electrons. The first-order valence-corrected chi connectivity index (χ1v) is 6.18. The van der Waals surface area contributed by atoms with Crippen LogP contribution in [0.4, 0.5) is 0 Å². The normalized spacial score (nSPS) is 10.2. The van der Waals surface area contributed by atoms with Gasteiger partial charge in [0, 0.05) is 10.6 Å². The van der Waals surface area contributed by atoms with Crippen LogP contribution in [0.5, 0.6) is 5.75 Å². The molecule has 0 saturated heterocycles. The molecule has 2 aromatic carbocycles. The molecule has 1 N–H and O–H groups in total. The summed E-state index contributed by atoms with van der Waals surface area (Å²) in [7, 11) is 0. The molecule has 0 aliphatic carbocycles. The van der Waals surface area contributed by atoms with Crippen molar-refractivity contribution < 1.29 is 14.6 Å². The Morgan fingerprint density at radius 1 is 1.05 bits per heavy atom. The van der Waals surface area contributed by atoms with E-state index in [-0.39, 0.29) is 5.78 Å². The van der Waals surface area contributed by atoms with Crippen LogP contribution in [0.2, 0.25) is 5.02 Å². The van der Waals surface area contributed by atoms with Crippen LogP contribution in [0.3, 0.4) is 0 Å². The largest absolute Gasteiger partial charge is 0.489 e. The molecule has 0 radical (unpaired) electrons. The minimum atomic E-state index is -0.481. The maximum Gasteiger partial charge on any atom is 0.188 e. The van der Waals surface area contributed by atoms with Crippen LogP contribution >= 0.6 is 11.6 Å².